The van der Waals surface area contributed by atoms with Gasteiger partial charge in [0.25, 0.3) is 6.29 Å². The first-order valence-electron chi connectivity index (χ1n) is 7.38. The van der Waals surface area contributed by atoms with Crippen LogP contribution in [0.4, 0.5) is 4.39 Å². The molecule has 1 N–H and O–H groups in total. The molecule has 0 unspecified atom stereocenters. The number of carboxylic acids is 1. The van der Waals surface area contributed by atoms with Crippen molar-refractivity contribution in [1.29, 1.82) is 0 Å². The second-order valence-electron chi connectivity index (χ2n) is 5.15. The zero-order valence-electron chi connectivity index (χ0n) is 13.3. The van der Waals surface area contributed by atoms with E-state index in [1.165, 1.54) is 19.6 Å². The normalized spacial score (nSPS) is 13.2. The number of methoxy groups -OCH3 is 1. The SMILES string of the molecule is COc1c(F)c(C(=O)O)cc(C2OC=CO2)c1OCc1ccccc1. The van der Waals surface area contributed by atoms with Crippen molar-refractivity contribution in [2.75, 3.05) is 7.11 Å². The Kier molecular flexibility index (Phi) is 4.74. The molecule has 3 rings (SSSR count). The molecule has 0 spiro atoms. The Hall–Kier alpha value is -3.22. The molecule has 1 aliphatic rings. The highest BCUT2D eigenvalue weighted by Gasteiger charge is 2.30. The molecule has 0 radical (unpaired) electrons. The first kappa shape index (κ1) is 16.6. The highest BCUT2D eigenvalue weighted by molar-refractivity contribution is 5.89. The van der Waals surface area contributed by atoms with E-state index in [9.17, 15) is 14.3 Å². The van der Waals surface area contributed by atoms with Crippen molar-refractivity contribution in [1.82, 2.24) is 0 Å². The first-order chi connectivity index (χ1) is 12.1. The zero-order chi connectivity index (χ0) is 17.8. The summed E-state index contributed by atoms with van der Waals surface area (Å²) in [5.74, 6) is -2.74. The number of hydrogen-bond donors (Lipinski definition) is 1. The highest BCUT2D eigenvalue weighted by atomic mass is 19.1. The molecule has 0 fully saturated rings. The first-order valence-corrected chi connectivity index (χ1v) is 7.38. The van der Waals surface area contributed by atoms with Crippen LogP contribution >= 0.6 is 0 Å². The monoisotopic (exact) mass is 346 g/mol. The van der Waals surface area contributed by atoms with Gasteiger partial charge in [-0.15, -0.1) is 0 Å². The van der Waals surface area contributed by atoms with E-state index < -0.39 is 23.6 Å². The molecule has 0 atom stereocenters. The molecule has 2 aromatic rings. The fraction of sp³-hybridized carbons (Fsp3) is 0.167. The lowest BCUT2D eigenvalue weighted by atomic mass is 10.1. The summed E-state index contributed by atoms with van der Waals surface area (Å²) < 4.78 is 35.8. The minimum atomic E-state index is -1.43. The molecule has 0 saturated carbocycles. The number of rotatable bonds is 6. The zero-order valence-corrected chi connectivity index (χ0v) is 13.3. The predicted octanol–water partition coefficient (Wildman–Crippen LogP) is 3.63. The lowest BCUT2D eigenvalue weighted by Gasteiger charge is -2.20. The number of hydrogen-bond acceptors (Lipinski definition) is 5. The molecule has 2 aromatic carbocycles. The van der Waals surface area contributed by atoms with Gasteiger partial charge < -0.3 is 24.1 Å². The van der Waals surface area contributed by atoms with Crippen LogP contribution in [0.15, 0.2) is 48.9 Å². The third kappa shape index (κ3) is 3.35. The van der Waals surface area contributed by atoms with Gasteiger partial charge in [0.05, 0.1) is 18.2 Å². The van der Waals surface area contributed by atoms with Crippen molar-refractivity contribution < 1.29 is 33.2 Å². The number of halogens is 1. The summed E-state index contributed by atoms with van der Waals surface area (Å²) in [6.45, 7) is 0.135. The van der Waals surface area contributed by atoms with E-state index in [-0.39, 0.29) is 23.7 Å². The molecule has 0 bridgehead atoms. The van der Waals surface area contributed by atoms with Gasteiger partial charge in [0.15, 0.2) is 17.3 Å². The Balaban J connectivity index is 2.03. The Labute approximate surface area is 143 Å². The van der Waals surface area contributed by atoms with Crippen LogP contribution in [0.25, 0.3) is 0 Å². The largest absolute Gasteiger partial charge is 0.490 e. The third-order valence-corrected chi connectivity index (χ3v) is 3.58. The van der Waals surface area contributed by atoms with Gasteiger partial charge in [-0.1, -0.05) is 30.3 Å². The van der Waals surface area contributed by atoms with E-state index in [0.717, 1.165) is 11.6 Å². The second kappa shape index (κ2) is 7.12. The van der Waals surface area contributed by atoms with Crippen molar-refractivity contribution in [2.24, 2.45) is 0 Å². The van der Waals surface area contributed by atoms with Gasteiger partial charge in [-0.25, -0.2) is 9.18 Å². The maximum absolute atomic E-state index is 14.5. The van der Waals surface area contributed by atoms with Gasteiger partial charge in [-0.2, -0.15) is 0 Å². The smallest absolute Gasteiger partial charge is 0.338 e. The van der Waals surface area contributed by atoms with Gasteiger partial charge in [0.2, 0.25) is 0 Å². The van der Waals surface area contributed by atoms with Crippen LogP contribution in [0, 0.1) is 5.82 Å². The summed E-state index contributed by atoms with van der Waals surface area (Å²) in [6.07, 6.45) is 1.67. The number of carboxylic acid groups (broad SMARTS) is 1. The fourth-order valence-corrected chi connectivity index (χ4v) is 2.41. The minimum absolute atomic E-state index is 0.0301. The summed E-state index contributed by atoms with van der Waals surface area (Å²) in [5, 5.41) is 9.22. The van der Waals surface area contributed by atoms with Crippen LogP contribution < -0.4 is 9.47 Å². The van der Waals surface area contributed by atoms with Crippen LogP contribution in [0.5, 0.6) is 11.5 Å². The predicted molar refractivity (Wildman–Crippen MR) is 84.7 cm³/mol. The number of benzene rings is 2. The van der Waals surface area contributed by atoms with Crippen molar-refractivity contribution in [2.45, 2.75) is 12.9 Å². The summed E-state index contributed by atoms with van der Waals surface area (Å²) in [4.78, 5) is 11.3. The summed E-state index contributed by atoms with van der Waals surface area (Å²) >= 11 is 0. The Morgan fingerprint density at radius 3 is 2.48 bits per heavy atom. The van der Waals surface area contributed by atoms with Crippen LogP contribution in [-0.2, 0) is 16.1 Å². The average Bonchev–Trinajstić information content (AvgIpc) is 3.15. The van der Waals surface area contributed by atoms with Gasteiger partial charge in [0.1, 0.15) is 19.1 Å². The second-order valence-corrected chi connectivity index (χ2v) is 5.15. The quantitative estimate of drug-likeness (QED) is 0.861. The molecule has 1 aliphatic heterocycles. The lowest BCUT2D eigenvalue weighted by molar-refractivity contribution is -0.0269. The van der Waals surface area contributed by atoms with E-state index in [2.05, 4.69) is 0 Å². The molecular weight excluding hydrogens is 331 g/mol. The summed E-state index contributed by atoms with van der Waals surface area (Å²) in [6, 6.07) is 10.4. The molecule has 130 valence electrons. The topological polar surface area (TPSA) is 74.2 Å². The molecular formula is C18H15FO6. The van der Waals surface area contributed by atoms with Gasteiger partial charge >= 0.3 is 5.97 Å². The van der Waals surface area contributed by atoms with Crippen molar-refractivity contribution >= 4 is 5.97 Å². The van der Waals surface area contributed by atoms with Crippen molar-refractivity contribution in [3.8, 4) is 11.5 Å². The van der Waals surface area contributed by atoms with E-state index in [0.29, 0.717) is 0 Å². The highest BCUT2D eigenvalue weighted by Crippen LogP contribution is 2.42. The number of aromatic carboxylic acids is 1. The van der Waals surface area contributed by atoms with Crippen molar-refractivity contribution in [3.05, 3.63) is 71.4 Å². The third-order valence-electron chi connectivity index (χ3n) is 3.58. The Morgan fingerprint density at radius 1 is 1.20 bits per heavy atom. The summed E-state index contributed by atoms with van der Waals surface area (Å²) in [5.41, 5.74) is 0.513. The molecule has 1 heterocycles. The maximum Gasteiger partial charge on any atom is 0.338 e. The molecule has 0 amide bonds. The van der Waals surface area contributed by atoms with E-state index in [4.69, 9.17) is 18.9 Å². The lowest BCUT2D eigenvalue weighted by Crippen LogP contribution is -2.11. The molecule has 0 aliphatic carbocycles. The van der Waals surface area contributed by atoms with Crippen LogP contribution in [0.1, 0.15) is 27.8 Å². The fourth-order valence-electron chi connectivity index (χ4n) is 2.41. The molecule has 6 nitrogen and oxygen atoms in total. The van der Waals surface area contributed by atoms with Gasteiger partial charge in [0, 0.05) is 0 Å². The van der Waals surface area contributed by atoms with Gasteiger partial charge in [-0.3, -0.25) is 0 Å². The summed E-state index contributed by atoms with van der Waals surface area (Å²) in [7, 11) is 1.23. The minimum Gasteiger partial charge on any atom is -0.490 e. The Bertz CT molecular complexity index is 795. The average molecular weight is 346 g/mol. The standard InChI is InChI=1S/C18H15FO6/c1-22-16-14(19)12(17(20)21)9-13(18-23-7-8-24-18)15(16)25-10-11-5-3-2-4-6-11/h2-9,18H,10H2,1H3,(H,20,21). The molecule has 7 heteroatoms. The van der Waals surface area contributed by atoms with Gasteiger partial charge in [-0.05, 0) is 11.6 Å². The van der Waals surface area contributed by atoms with E-state index in [1.807, 2.05) is 30.3 Å². The molecule has 0 aromatic heterocycles. The maximum atomic E-state index is 14.5. The van der Waals surface area contributed by atoms with E-state index in [1.54, 1.807) is 0 Å². The number of ether oxygens (including phenoxy) is 4. The molecule has 25 heavy (non-hydrogen) atoms. The number of carbonyl (C=O) groups is 1. The molecule has 0 saturated heterocycles. The van der Waals surface area contributed by atoms with Crippen molar-refractivity contribution in [3.63, 3.8) is 0 Å². The Morgan fingerprint density at radius 2 is 1.88 bits per heavy atom. The van der Waals surface area contributed by atoms with Crippen LogP contribution in [-0.4, -0.2) is 18.2 Å². The van der Waals surface area contributed by atoms with E-state index >= 15 is 0 Å². The van der Waals surface area contributed by atoms with Crippen LogP contribution in [0.3, 0.4) is 0 Å². The van der Waals surface area contributed by atoms with Crippen LogP contribution in [0.2, 0.25) is 0 Å².